The molecule has 18 heavy (non-hydrogen) atoms. The predicted molar refractivity (Wildman–Crippen MR) is 74.2 cm³/mol. The molecule has 1 atom stereocenters. The van der Waals surface area contributed by atoms with Crippen molar-refractivity contribution in [3.05, 3.63) is 29.3 Å². The van der Waals surface area contributed by atoms with Crippen molar-refractivity contribution in [1.29, 1.82) is 0 Å². The lowest BCUT2D eigenvalue weighted by Gasteiger charge is -2.22. The number of carbonyl (C=O) groups excluding carboxylic acids is 1. The summed E-state index contributed by atoms with van der Waals surface area (Å²) < 4.78 is 0. The summed E-state index contributed by atoms with van der Waals surface area (Å²) in [6.45, 7) is 3.66. The Hall–Kier alpha value is -1.20. The number of hydrogen-bond donors (Lipinski definition) is 3. The Kier molecular flexibility index (Phi) is 5.04. The third-order valence-electron chi connectivity index (χ3n) is 2.48. The van der Waals surface area contributed by atoms with E-state index >= 15 is 0 Å². The second-order valence-corrected chi connectivity index (χ2v) is 5.50. The minimum Gasteiger partial charge on any atom is -0.507 e. The van der Waals surface area contributed by atoms with Crippen molar-refractivity contribution in [1.82, 2.24) is 5.32 Å². The number of thioether (sulfide) groups is 1. The van der Waals surface area contributed by atoms with Crippen molar-refractivity contribution in [2.75, 3.05) is 18.6 Å². The van der Waals surface area contributed by atoms with E-state index in [0.717, 1.165) is 5.56 Å². The van der Waals surface area contributed by atoms with Crippen LogP contribution in [0.3, 0.4) is 0 Å². The van der Waals surface area contributed by atoms with Crippen LogP contribution in [0.4, 0.5) is 0 Å². The van der Waals surface area contributed by atoms with Gasteiger partial charge in [-0.3, -0.25) is 4.79 Å². The van der Waals surface area contributed by atoms with Gasteiger partial charge in [-0.1, -0.05) is 6.07 Å². The van der Waals surface area contributed by atoms with Crippen LogP contribution in [0.2, 0.25) is 0 Å². The molecule has 0 saturated heterocycles. The quantitative estimate of drug-likeness (QED) is 0.758. The van der Waals surface area contributed by atoms with Gasteiger partial charge in [0.05, 0.1) is 11.2 Å². The minimum atomic E-state index is -0.949. The van der Waals surface area contributed by atoms with E-state index < -0.39 is 5.60 Å². The molecule has 0 fully saturated rings. The number of phenols is 1. The fourth-order valence-electron chi connectivity index (χ4n) is 1.56. The lowest BCUT2D eigenvalue weighted by molar-refractivity contribution is 0.0723. The Morgan fingerprint density at radius 1 is 1.50 bits per heavy atom. The molecule has 1 rings (SSSR count). The third-order valence-corrected chi connectivity index (χ3v) is 3.39. The van der Waals surface area contributed by atoms with E-state index in [9.17, 15) is 15.0 Å². The number of rotatable bonds is 5. The van der Waals surface area contributed by atoms with Crippen LogP contribution in [0, 0.1) is 6.92 Å². The van der Waals surface area contributed by atoms with Crippen molar-refractivity contribution in [2.24, 2.45) is 0 Å². The summed E-state index contributed by atoms with van der Waals surface area (Å²) in [4.78, 5) is 11.8. The maximum Gasteiger partial charge on any atom is 0.255 e. The standard InChI is InChI=1S/C13H19NO3S/c1-9-4-5-10(11(15)6-9)12(16)14-7-13(2,17)8-18-3/h4-6,15,17H,7-8H2,1-3H3,(H,14,16). The van der Waals surface area contributed by atoms with Crippen LogP contribution in [0.5, 0.6) is 5.75 Å². The molecule has 0 spiro atoms. The van der Waals surface area contributed by atoms with Gasteiger partial charge in [-0.15, -0.1) is 0 Å². The lowest BCUT2D eigenvalue weighted by Crippen LogP contribution is -2.42. The monoisotopic (exact) mass is 269 g/mol. The van der Waals surface area contributed by atoms with E-state index in [-0.39, 0.29) is 23.8 Å². The van der Waals surface area contributed by atoms with Crippen LogP contribution in [0.25, 0.3) is 0 Å². The highest BCUT2D eigenvalue weighted by Gasteiger charge is 2.21. The summed E-state index contributed by atoms with van der Waals surface area (Å²) in [7, 11) is 0. The average Bonchev–Trinajstić information content (AvgIpc) is 2.26. The molecule has 4 nitrogen and oxygen atoms in total. The highest BCUT2D eigenvalue weighted by Crippen LogP contribution is 2.18. The number of hydrogen-bond acceptors (Lipinski definition) is 4. The number of benzene rings is 1. The fraction of sp³-hybridized carbons (Fsp3) is 0.462. The largest absolute Gasteiger partial charge is 0.507 e. The van der Waals surface area contributed by atoms with Gasteiger partial charge in [0.2, 0.25) is 0 Å². The molecule has 1 aromatic rings. The average molecular weight is 269 g/mol. The summed E-state index contributed by atoms with van der Waals surface area (Å²) in [6.07, 6.45) is 1.89. The molecule has 100 valence electrons. The predicted octanol–water partition coefficient (Wildman–Crippen LogP) is 1.54. The minimum absolute atomic E-state index is 0.0444. The van der Waals surface area contributed by atoms with Crippen LogP contribution in [-0.2, 0) is 0 Å². The topological polar surface area (TPSA) is 69.6 Å². The van der Waals surface area contributed by atoms with E-state index in [2.05, 4.69) is 5.32 Å². The van der Waals surface area contributed by atoms with Crippen molar-refractivity contribution in [3.8, 4) is 5.75 Å². The number of phenolic OH excluding ortho intramolecular Hbond substituents is 1. The van der Waals surface area contributed by atoms with Crippen molar-refractivity contribution in [3.63, 3.8) is 0 Å². The van der Waals surface area contributed by atoms with Crippen molar-refractivity contribution < 1.29 is 15.0 Å². The second-order valence-electron chi connectivity index (χ2n) is 4.63. The van der Waals surface area contributed by atoms with Gasteiger partial charge < -0.3 is 15.5 Å². The SMILES string of the molecule is CSCC(C)(O)CNC(=O)c1ccc(C)cc1O. The first kappa shape index (κ1) is 14.9. The third kappa shape index (κ3) is 4.23. The van der Waals surface area contributed by atoms with Crippen LogP contribution in [-0.4, -0.2) is 40.3 Å². The van der Waals surface area contributed by atoms with Gasteiger partial charge in [0.1, 0.15) is 5.75 Å². The first-order valence-corrected chi connectivity index (χ1v) is 7.04. The summed E-state index contributed by atoms with van der Waals surface area (Å²) in [5.74, 6) is 0.110. The zero-order chi connectivity index (χ0) is 13.8. The van der Waals surface area contributed by atoms with Crippen LogP contribution >= 0.6 is 11.8 Å². The number of aryl methyl sites for hydroxylation is 1. The molecule has 0 aliphatic carbocycles. The van der Waals surface area contributed by atoms with Crippen LogP contribution < -0.4 is 5.32 Å². The van der Waals surface area contributed by atoms with E-state index in [1.807, 2.05) is 13.2 Å². The van der Waals surface area contributed by atoms with E-state index in [1.165, 1.54) is 17.8 Å². The first-order chi connectivity index (χ1) is 8.35. The summed E-state index contributed by atoms with van der Waals surface area (Å²) in [5.41, 5.74) is 0.161. The molecule has 0 aliphatic rings. The Morgan fingerprint density at radius 2 is 2.17 bits per heavy atom. The number of amides is 1. The Labute approximate surface area is 111 Å². The van der Waals surface area contributed by atoms with Crippen LogP contribution in [0.1, 0.15) is 22.8 Å². The molecule has 1 amide bonds. The van der Waals surface area contributed by atoms with Gasteiger partial charge in [0.15, 0.2) is 0 Å². The number of aromatic hydroxyl groups is 1. The molecule has 0 bridgehead atoms. The van der Waals surface area contributed by atoms with E-state index in [4.69, 9.17) is 0 Å². The zero-order valence-electron chi connectivity index (χ0n) is 10.9. The lowest BCUT2D eigenvalue weighted by atomic mass is 10.1. The van der Waals surface area contributed by atoms with Gasteiger partial charge in [0.25, 0.3) is 5.91 Å². The Balaban J connectivity index is 2.66. The fourth-order valence-corrected chi connectivity index (χ4v) is 2.29. The second kappa shape index (κ2) is 6.11. The molecule has 0 saturated carbocycles. The molecule has 0 aliphatic heterocycles. The van der Waals surface area contributed by atoms with Crippen molar-refractivity contribution in [2.45, 2.75) is 19.4 Å². The summed E-state index contributed by atoms with van der Waals surface area (Å²) in [5, 5.41) is 22.2. The normalized spacial score (nSPS) is 14.0. The smallest absolute Gasteiger partial charge is 0.255 e. The molecule has 3 N–H and O–H groups in total. The maximum atomic E-state index is 11.8. The molecule has 0 heterocycles. The van der Waals surface area contributed by atoms with Gasteiger partial charge in [0, 0.05) is 12.3 Å². The van der Waals surface area contributed by atoms with Gasteiger partial charge in [-0.2, -0.15) is 11.8 Å². The summed E-state index contributed by atoms with van der Waals surface area (Å²) >= 11 is 1.51. The number of aliphatic hydroxyl groups is 1. The Morgan fingerprint density at radius 3 is 2.72 bits per heavy atom. The molecule has 0 aromatic heterocycles. The van der Waals surface area contributed by atoms with E-state index in [1.54, 1.807) is 19.1 Å². The number of carbonyl (C=O) groups is 1. The summed E-state index contributed by atoms with van der Waals surface area (Å²) in [6, 6.07) is 4.87. The highest BCUT2D eigenvalue weighted by atomic mass is 32.2. The molecular formula is C13H19NO3S. The molecule has 1 aromatic carbocycles. The van der Waals surface area contributed by atoms with E-state index in [0.29, 0.717) is 5.75 Å². The van der Waals surface area contributed by atoms with Gasteiger partial charge in [-0.25, -0.2) is 0 Å². The molecule has 1 unspecified atom stereocenters. The Bertz CT molecular complexity index is 432. The number of nitrogens with one attached hydrogen (secondary N) is 1. The molecule has 0 radical (unpaired) electrons. The zero-order valence-corrected chi connectivity index (χ0v) is 11.7. The molecule has 5 heteroatoms. The first-order valence-electron chi connectivity index (χ1n) is 5.65. The van der Waals surface area contributed by atoms with Gasteiger partial charge in [-0.05, 0) is 37.8 Å². The van der Waals surface area contributed by atoms with Crippen molar-refractivity contribution >= 4 is 17.7 Å². The maximum absolute atomic E-state index is 11.8. The van der Waals surface area contributed by atoms with Gasteiger partial charge >= 0.3 is 0 Å². The molecular weight excluding hydrogens is 250 g/mol. The van der Waals surface area contributed by atoms with Crippen LogP contribution in [0.15, 0.2) is 18.2 Å². The highest BCUT2D eigenvalue weighted by molar-refractivity contribution is 7.98.